The zero-order chi connectivity index (χ0) is 20.8. The quantitative estimate of drug-likeness (QED) is 0.679. The van der Waals surface area contributed by atoms with Gasteiger partial charge < -0.3 is 19.7 Å². The Labute approximate surface area is 175 Å². The molecule has 0 aliphatic carbocycles. The number of rotatable bonds is 6. The summed E-state index contributed by atoms with van der Waals surface area (Å²) in [5, 5.41) is 2.95. The van der Waals surface area contributed by atoms with E-state index in [-0.39, 0.29) is 5.91 Å². The summed E-state index contributed by atoms with van der Waals surface area (Å²) in [7, 11) is 0. The second-order valence-electron chi connectivity index (χ2n) is 6.99. The monoisotopic (exact) mass is 404 g/mol. The molecule has 4 rings (SSSR count). The third-order valence-electron chi connectivity index (χ3n) is 4.72. The molecule has 1 amide bonds. The Hall–Kier alpha value is -3.45. The number of benzene rings is 2. The summed E-state index contributed by atoms with van der Waals surface area (Å²) in [5.41, 5.74) is 2.10. The standard InChI is InChI=1S/C23H24N4O3/c1-17-15-18(26-23(25-17)27-11-13-29-14-12-27)16-24-22(28)20-9-5-6-10-21(20)30-19-7-3-2-4-8-19/h2-10,15H,11-14,16H2,1H3,(H,24,28). The second-order valence-corrected chi connectivity index (χ2v) is 6.99. The number of amides is 1. The zero-order valence-electron chi connectivity index (χ0n) is 16.9. The minimum Gasteiger partial charge on any atom is -0.457 e. The van der Waals surface area contributed by atoms with Crippen LogP contribution in [0.3, 0.4) is 0 Å². The molecule has 1 aromatic heterocycles. The lowest BCUT2D eigenvalue weighted by atomic mass is 10.2. The van der Waals surface area contributed by atoms with Gasteiger partial charge >= 0.3 is 0 Å². The first-order valence-electron chi connectivity index (χ1n) is 9.96. The Morgan fingerprint density at radius 1 is 1.07 bits per heavy atom. The molecular formula is C23H24N4O3. The predicted octanol–water partition coefficient (Wildman–Crippen LogP) is 3.34. The number of hydrogen-bond acceptors (Lipinski definition) is 6. The number of ether oxygens (including phenoxy) is 2. The number of carbonyl (C=O) groups is 1. The summed E-state index contributed by atoms with van der Waals surface area (Å²) in [6, 6.07) is 18.5. The maximum absolute atomic E-state index is 12.8. The van der Waals surface area contributed by atoms with Gasteiger partial charge in [0.05, 0.1) is 31.0 Å². The Balaban J connectivity index is 1.46. The Bertz CT molecular complexity index is 1000. The molecule has 1 fully saturated rings. The number of anilines is 1. The number of hydrogen-bond donors (Lipinski definition) is 1. The van der Waals surface area contributed by atoms with Crippen LogP contribution in [0.15, 0.2) is 60.7 Å². The van der Waals surface area contributed by atoms with Crippen molar-refractivity contribution in [3.05, 3.63) is 77.6 Å². The normalized spacial score (nSPS) is 13.7. The molecular weight excluding hydrogens is 380 g/mol. The van der Waals surface area contributed by atoms with Crippen molar-refractivity contribution < 1.29 is 14.3 Å². The Kier molecular flexibility index (Phi) is 6.20. The lowest BCUT2D eigenvalue weighted by Crippen LogP contribution is -2.37. The van der Waals surface area contributed by atoms with Gasteiger partial charge in [-0.3, -0.25) is 4.79 Å². The average Bonchev–Trinajstić information content (AvgIpc) is 2.79. The van der Waals surface area contributed by atoms with Gasteiger partial charge in [-0.2, -0.15) is 0 Å². The van der Waals surface area contributed by atoms with Crippen molar-refractivity contribution in [2.45, 2.75) is 13.5 Å². The summed E-state index contributed by atoms with van der Waals surface area (Å²) >= 11 is 0. The number of para-hydroxylation sites is 2. The van der Waals surface area contributed by atoms with E-state index in [1.165, 1.54) is 0 Å². The van der Waals surface area contributed by atoms with Gasteiger partial charge in [0, 0.05) is 18.8 Å². The van der Waals surface area contributed by atoms with E-state index in [2.05, 4.69) is 20.2 Å². The highest BCUT2D eigenvalue weighted by Gasteiger charge is 2.16. The molecule has 0 atom stereocenters. The van der Waals surface area contributed by atoms with Gasteiger partial charge in [0.25, 0.3) is 5.91 Å². The van der Waals surface area contributed by atoms with Gasteiger partial charge in [0.2, 0.25) is 5.95 Å². The van der Waals surface area contributed by atoms with Crippen LogP contribution in [-0.2, 0) is 11.3 Å². The van der Waals surface area contributed by atoms with Gasteiger partial charge in [-0.25, -0.2) is 9.97 Å². The van der Waals surface area contributed by atoms with E-state index in [1.807, 2.05) is 55.5 Å². The highest BCUT2D eigenvalue weighted by atomic mass is 16.5. The van der Waals surface area contributed by atoms with Crippen molar-refractivity contribution in [2.24, 2.45) is 0 Å². The van der Waals surface area contributed by atoms with E-state index in [1.54, 1.807) is 12.1 Å². The maximum Gasteiger partial charge on any atom is 0.255 e. The van der Waals surface area contributed by atoms with E-state index < -0.39 is 0 Å². The number of carbonyl (C=O) groups excluding carboxylic acids is 1. The molecule has 30 heavy (non-hydrogen) atoms. The molecule has 0 unspecified atom stereocenters. The summed E-state index contributed by atoms with van der Waals surface area (Å²) in [4.78, 5) is 24.1. The van der Waals surface area contributed by atoms with Gasteiger partial charge in [0.15, 0.2) is 0 Å². The molecule has 1 aliphatic heterocycles. The third-order valence-corrected chi connectivity index (χ3v) is 4.72. The molecule has 1 aliphatic rings. The molecule has 7 nitrogen and oxygen atoms in total. The molecule has 0 saturated carbocycles. The fraction of sp³-hybridized carbons (Fsp3) is 0.261. The number of aryl methyl sites for hydroxylation is 1. The van der Waals surface area contributed by atoms with Crippen molar-refractivity contribution in [3.63, 3.8) is 0 Å². The van der Waals surface area contributed by atoms with Gasteiger partial charge in [-0.1, -0.05) is 30.3 Å². The zero-order valence-corrected chi connectivity index (χ0v) is 16.9. The van der Waals surface area contributed by atoms with Crippen molar-refractivity contribution >= 4 is 11.9 Å². The van der Waals surface area contributed by atoms with Crippen LogP contribution in [0, 0.1) is 6.92 Å². The fourth-order valence-corrected chi connectivity index (χ4v) is 3.24. The second kappa shape index (κ2) is 9.37. The fourth-order valence-electron chi connectivity index (χ4n) is 3.24. The first kappa shape index (κ1) is 19.8. The summed E-state index contributed by atoms with van der Waals surface area (Å²) in [5.74, 6) is 1.65. The number of morpholine rings is 1. The lowest BCUT2D eigenvalue weighted by Gasteiger charge is -2.27. The lowest BCUT2D eigenvalue weighted by molar-refractivity contribution is 0.0948. The van der Waals surface area contributed by atoms with Crippen LogP contribution in [0.25, 0.3) is 0 Å². The Morgan fingerprint density at radius 2 is 1.80 bits per heavy atom. The van der Waals surface area contributed by atoms with Crippen LogP contribution >= 0.6 is 0 Å². The van der Waals surface area contributed by atoms with Crippen molar-refractivity contribution in [2.75, 3.05) is 31.2 Å². The molecule has 1 saturated heterocycles. The number of nitrogens with zero attached hydrogens (tertiary/aromatic N) is 3. The summed E-state index contributed by atoms with van der Waals surface area (Å²) in [6.07, 6.45) is 0. The number of aromatic nitrogens is 2. The molecule has 7 heteroatoms. The summed E-state index contributed by atoms with van der Waals surface area (Å²) in [6.45, 7) is 5.10. The molecule has 0 spiro atoms. The Morgan fingerprint density at radius 3 is 2.60 bits per heavy atom. The largest absolute Gasteiger partial charge is 0.457 e. The van der Waals surface area contributed by atoms with E-state index in [9.17, 15) is 4.79 Å². The molecule has 0 radical (unpaired) electrons. The molecule has 2 heterocycles. The van der Waals surface area contributed by atoms with E-state index in [0.717, 1.165) is 24.5 Å². The first-order chi connectivity index (χ1) is 14.7. The van der Waals surface area contributed by atoms with Gasteiger partial charge in [-0.15, -0.1) is 0 Å². The van der Waals surface area contributed by atoms with Crippen LogP contribution in [0.1, 0.15) is 21.7 Å². The molecule has 154 valence electrons. The summed E-state index contributed by atoms with van der Waals surface area (Å²) < 4.78 is 11.3. The van der Waals surface area contributed by atoms with Crippen LogP contribution in [-0.4, -0.2) is 42.2 Å². The van der Waals surface area contributed by atoms with E-state index in [0.29, 0.717) is 42.8 Å². The van der Waals surface area contributed by atoms with E-state index >= 15 is 0 Å². The molecule has 2 aromatic carbocycles. The molecule has 3 aromatic rings. The third kappa shape index (κ3) is 4.93. The van der Waals surface area contributed by atoms with Gasteiger partial charge in [0.1, 0.15) is 11.5 Å². The molecule has 1 N–H and O–H groups in total. The van der Waals surface area contributed by atoms with Crippen LogP contribution in [0.5, 0.6) is 11.5 Å². The van der Waals surface area contributed by atoms with Crippen molar-refractivity contribution in [1.29, 1.82) is 0 Å². The maximum atomic E-state index is 12.8. The average molecular weight is 404 g/mol. The SMILES string of the molecule is Cc1cc(CNC(=O)c2ccccc2Oc2ccccc2)nc(N2CCOCC2)n1. The van der Waals surface area contributed by atoms with Crippen molar-refractivity contribution in [3.8, 4) is 11.5 Å². The molecule has 0 bridgehead atoms. The van der Waals surface area contributed by atoms with Crippen molar-refractivity contribution in [1.82, 2.24) is 15.3 Å². The smallest absolute Gasteiger partial charge is 0.255 e. The minimum absolute atomic E-state index is 0.217. The van der Waals surface area contributed by atoms with Crippen LogP contribution in [0.4, 0.5) is 5.95 Å². The van der Waals surface area contributed by atoms with Crippen LogP contribution in [0.2, 0.25) is 0 Å². The highest BCUT2D eigenvalue weighted by Crippen LogP contribution is 2.25. The van der Waals surface area contributed by atoms with E-state index in [4.69, 9.17) is 9.47 Å². The topological polar surface area (TPSA) is 76.6 Å². The highest BCUT2D eigenvalue weighted by molar-refractivity contribution is 5.96. The van der Waals surface area contributed by atoms with Crippen LogP contribution < -0.4 is 15.0 Å². The minimum atomic E-state index is -0.217. The number of nitrogens with one attached hydrogen (secondary N) is 1. The predicted molar refractivity (Wildman–Crippen MR) is 114 cm³/mol. The van der Waals surface area contributed by atoms with Gasteiger partial charge in [-0.05, 0) is 37.3 Å². The first-order valence-corrected chi connectivity index (χ1v) is 9.96.